The van der Waals surface area contributed by atoms with Crippen molar-refractivity contribution in [3.8, 4) is 0 Å². The first-order chi connectivity index (χ1) is 5.93. The molecule has 0 aromatic carbocycles. The van der Waals surface area contributed by atoms with Gasteiger partial charge in [0.15, 0.2) is 0 Å². The van der Waals surface area contributed by atoms with Crippen molar-refractivity contribution in [3.63, 3.8) is 0 Å². The van der Waals surface area contributed by atoms with Crippen molar-refractivity contribution in [1.82, 2.24) is 9.97 Å². The Bertz CT molecular complexity index is 158. The van der Waals surface area contributed by atoms with E-state index in [0.717, 1.165) is 31.6 Å². The summed E-state index contributed by atoms with van der Waals surface area (Å²) in [6, 6.07) is 0. The zero-order valence-electron chi connectivity index (χ0n) is 8.01. The molecule has 1 heterocycles. The van der Waals surface area contributed by atoms with Crippen molar-refractivity contribution in [2.45, 2.75) is 33.1 Å². The van der Waals surface area contributed by atoms with E-state index in [1.165, 1.54) is 0 Å². The molecular weight excluding hydrogens is 150 g/mol. The van der Waals surface area contributed by atoms with Gasteiger partial charge in [-0.15, -0.1) is 0 Å². The molecule has 0 aliphatic heterocycles. The molecule has 0 amide bonds. The van der Waals surface area contributed by atoms with Crippen LogP contribution in [0.3, 0.4) is 0 Å². The molecule has 0 saturated carbocycles. The molecule has 3 heteroatoms. The van der Waals surface area contributed by atoms with Crippen LogP contribution >= 0.6 is 0 Å². The van der Waals surface area contributed by atoms with Crippen molar-refractivity contribution in [1.29, 1.82) is 0 Å². The second-order valence-corrected chi connectivity index (χ2v) is 2.28. The van der Waals surface area contributed by atoms with Gasteiger partial charge >= 0.3 is 0 Å². The Morgan fingerprint density at radius 2 is 2.17 bits per heavy atom. The van der Waals surface area contributed by atoms with Crippen molar-refractivity contribution in [2.75, 3.05) is 6.54 Å². The van der Waals surface area contributed by atoms with Crippen molar-refractivity contribution in [2.24, 2.45) is 5.73 Å². The first-order valence-electron chi connectivity index (χ1n) is 4.62. The third-order valence-electron chi connectivity index (χ3n) is 1.42. The fourth-order valence-electron chi connectivity index (χ4n) is 0.871. The lowest BCUT2D eigenvalue weighted by Crippen LogP contribution is -1.99. The minimum atomic E-state index is 0.778. The van der Waals surface area contributed by atoms with Crippen LogP contribution < -0.4 is 5.73 Å². The van der Waals surface area contributed by atoms with Crippen LogP contribution in [0.1, 0.15) is 32.5 Å². The highest BCUT2D eigenvalue weighted by atomic mass is 14.9. The average molecular weight is 169 g/mol. The second kappa shape index (κ2) is 8.27. The molecule has 70 valence electrons. The van der Waals surface area contributed by atoms with E-state index < -0.39 is 0 Å². The maximum absolute atomic E-state index is 5.34. The van der Waals surface area contributed by atoms with Crippen LogP contribution in [-0.2, 0) is 6.42 Å². The standard InChI is InChI=1S/C7H13N3.C2H6/c8-4-2-1-3-7-9-5-6-10-7;1-2/h5-6H,1-4,8H2,(H,9,10);1-2H3. The van der Waals surface area contributed by atoms with Gasteiger partial charge in [0.2, 0.25) is 0 Å². The fourth-order valence-corrected chi connectivity index (χ4v) is 0.871. The van der Waals surface area contributed by atoms with Gasteiger partial charge in [0.25, 0.3) is 0 Å². The molecule has 1 aromatic heterocycles. The lowest BCUT2D eigenvalue weighted by molar-refractivity contribution is 0.722. The zero-order chi connectivity index (χ0) is 9.23. The average Bonchev–Trinajstić information content (AvgIpc) is 2.61. The number of nitrogens with zero attached hydrogens (tertiary/aromatic N) is 1. The van der Waals surface area contributed by atoms with Crippen LogP contribution in [0.4, 0.5) is 0 Å². The Hall–Kier alpha value is -0.830. The minimum Gasteiger partial charge on any atom is -0.349 e. The molecule has 0 unspecified atom stereocenters. The molecule has 0 radical (unpaired) electrons. The maximum atomic E-state index is 5.34. The molecule has 0 saturated heterocycles. The Morgan fingerprint density at radius 1 is 1.42 bits per heavy atom. The lowest BCUT2D eigenvalue weighted by atomic mass is 10.2. The van der Waals surface area contributed by atoms with E-state index in [9.17, 15) is 0 Å². The van der Waals surface area contributed by atoms with Gasteiger partial charge in [0.1, 0.15) is 5.82 Å². The number of aromatic amines is 1. The molecule has 0 spiro atoms. The van der Waals surface area contributed by atoms with Crippen LogP contribution in [0.2, 0.25) is 0 Å². The highest BCUT2D eigenvalue weighted by molar-refractivity contribution is 4.86. The number of hydrogen-bond donors (Lipinski definition) is 2. The number of hydrogen-bond acceptors (Lipinski definition) is 2. The highest BCUT2D eigenvalue weighted by Crippen LogP contribution is 1.96. The Kier molecular flexibility index (Phi) is 7.70. The van der Waals surface area contributed by atoms with Crippen LogP contribution in [0.25, 0.3) is 0 Å². The second-order valence-electron chi connectivity index (χ2n) is 2.28. The van der Waals surface area contributed by atoms with Crippen LogP contribution in [0.15, 0.2) is 12.4 Å². The monoisotopic (exact) mass is 169 g/mol. The quantitative estimate of drug-likeness (QED) is 0.674. The Labute approximate surface area is 74.4 Å². The van der Waals surface area contributed by atoms with E-state index in [2.05, 4.69) is 9.97 Å². The first kappa shape index (κ1) is 11.2. The van der Waals surface area contributed by atoms with E-state index in [-0.39, 0.29) is 0 Å². The molecule has 1 rings (SSSR count). The van der Waals surface area contributed by atoms with Crippen molar-refractivity contribution < 1.29 is 0 Å². The molecule has 0 aliphatic rings. The normalized spacial score (nSPS) is 8.92. The topological polar surface area (TPSA) is 54.7 Å². The molecule has 3 N–H and O–H groups in total. The van der Waals surface area contributed by atoms with Gasteiger partial charge in [-0.3, -0.25) is 0 Å². The van der Waals surface area contributed by atoms with E-state index in [0.29, 0.717) is 0 Å². The summed E-state index contributed by atoms with van der Waals surface area (Å²) in [5, 5.41) is 0. The fraction of sp³-hybridized carbons (Fsp3) is 0.667. The number of rotatable bonds is 4. The molecule has 3 nitrogen and oxygen atoms in total. The SMILES string of the molecule is CC.NCCCCc1ncc[nH]1. The summed E-state index contributed by atoms with van der Waals surface area (Å²) >= 11 is 0. The molecule has 0 aliphatic carbocycles. The van der Waals surface area contributed by atoms with E-state index in [4.69, 9.17) is 5.73 Å². The first-order valence-corrected chi connectivity index (χ1v) is 4.62. The number of nitrogens with one attached hydrogen (secondary N) is 1. The third kappa shape index (κ3) is 4.91. The predicted molar refractivity (Wildman–Crippen MR) is 51.9 cm³/mol. The summed E-state index contributed by atoms with van der Waals surface area (Å²) in [6.45, 7) is 4.78. The van der Waals surface area contributed by atoms with Gasteiger partial charge in [0, 0.05) is 18.8 Å². The smallest absolute Gasteiger partial charge is 0.105 e. The van der Waals surface area contributed by atoms with Gasteiger partial charge in [-0.2, -0.15) is 0 Å². The summed E-state index contributed by atoms with van der Waals surface area (Å²) in [4.78, 5) is 7.14. The van der Waals surface area contributed by atoms with Gasteiger partial charge in [-0.25, -0.2) is 4.98 Å². The van der Waals surface area contributed by atoms with Crippen LogP contribution in [0, 0.1) is 0 Å². The van der Waals surface area contributed by atoms with Crippen molar-refractivity contribution >= 4 is 0 Å². The van der Waals surface area contributed by atoms with Crippen LogP contribution in [-0.4, -0.2) is 16.5 Å². The molecular formula is C9H19N3. The minimum absolute atomic E-state index is 0.778. The lowest BCUT2D eigenvalue weighted by Gasteiger charge is -1.93. The summed E-state index contributed by atoms with van der Waals surface area (Å²) in [5.74, 6) is 1.06. The summed E-state index contributed by atoms with van der Waals surface area (Å²) < 4.78 is 0. The highest BCUT2D eigenvalue weighted by Gasteiger charge is 1.91. The van der Waals surface area contributed by atoms with E-state index >= 15 is 0 Å². The summed E-state index contributed by atoms with van der Waals surface area (Å²) in [7, 11) is 0. The Morgan fingerprint density at radius 3 is 2.67 bits per heavy atom. The number of aryl methyl sites for hydroxylation is 1. The van der Waals surface area contributed by atoms with E-state index in [1.807, 2.05) is 20.0 Å². The molecule has 0 atom stereocenters. The molecule has 0 fully saturated rings. The summed E-state index contributed by atoms with van der Waals surface area (Å²) in [6.07, 6.45) is 6.85. The molecule has 1 aromatic rings. The van der Waals surface area contributed by atoms with E-state index in [1.54, 1.807) is 6.20 Å². The maximum Gasteiger partial charge on any atom is 0.105 e. The number of nitrogens with two attached hydrogens (primary N) is 1. The largest absolute Gasteiger partial charge is 0.349 e. The number of unbranched alkanes of at least 4 members (excludes halogenated alkanes) is 1. The van der Waals surface area contributed by atoms with Crippen molar-refractivity contribution in [3.05, 3.63) is 18.2 Å². The number of imidazole rings is 1. The molecule has 0 bridgehead atoms. The number of H-pyrrole nitrogens is 1. The summed E-state index contributed by atoms with van der Waals surface area (Å²) in [5.41, 5.74) is 5.34. The zero-order valence-corrected chi connectivity index (χ0v) is 8.01. The Balaban J connectivity index is 0.000000561. The number of aromatic nitrogens is 2. The van der Waals surface area contributed by atoms with Gasteiger partial charge < -0.3 is 10.7 Å². The third-order valence-corrected chi connectivity index (χ3v) is 1.42. The van der Waals surface area contributed by atoms with Gasteiger partial charge in [0.05, 0.1) is 0 Å². The van der Waals surface area contributed by atoms with Gasteiger partial charge in [-0.1, -0.05) is 13.8 Å². The van der Waals surface area contributed by atoms with Crippen LogP contribution in [0.5, 0.6) is 0 Å². The van der Waals surface area contributed by atoms with Gasteiger partial charge in [-0.05, 0) is 19.4 Å². The predicted octanol–water partition coefficient (Wildman–Crippen LogP) is 1.72. The molecule has 12 heavy (non-hydrogen) atoms.